The van der Waals surface area contributed by atoms with Gasteiger partial charge >= 0.3 is 0 Å². The predicted octanol–water partition coefficient (Wildman–Crippen LogP) is 4.38. The Kier molecular flexibility index (Phi) is 5.41. The molecular weight excluding hydrogens is 284 g/mol. The van der Waals surface area contributed by atoms with Crippen molar-refractivity contribution in [3.8, 4) is 0 Å². The lowest BCUT2D eigenvalue weighted by molar-refractivity contribution is 0.357. The first-order valence-electron chi connectivity index (χ1n) is 5.73. The number of aromatic nitrogens is 1. The van der Waals surface area contributed by atoms with Gasteiger partial charge in [-0.15, -0.1) is 11.3 Å². The number of rotatable bonds is 5. The second kappa shape index (κ2) is 6.12. The molecule has 2 nitrogen and oxygen atoms in total. The van der Waals surface area contributed by atoms with E-state index in [4.69, 9.17) is 0 Å². The molecule has 1 unspecified atom stereocenters. The van der Waals surface area contributed by atoms with E-state index in [0.717, 1.165) is 15.3 Å². The van der Waals surface area contributed by atoms with Crippen LogP contribution in [0.5, 0.6) is 0 Å². The van der Waals surface area contributed by atoms with Gasteiger partial charge in [-0.3, -0.25) is 0 Å². The predicted molar refractivity (Wildman–Crippen MR) is 74.9 cm³/mol. The lowest BCUT2D eigenvalue weighted by Gasteiger charge is -2.18. The van der Waals surface area contributed by atoms with E-state index in [1.54, 1.807) is 11.3 Å². The number of nitrogens with zero attached hydrogens (tertiary/aromatic N) is 1. The van der Waals surface area contributed by atoms with Crippen LogP contribution in [-0.4, -0.2) is 11.5 Å². The fourth-order valence-electron chi connectivity index (χ4n) is 1.49. The van der Waals surface area contributed by atoms with Gasteiger partial charge in [0.1, 0.15) is 5.01 Å². The molecule has 0 aliphatic rings. The Hall–Kier alpha value is 0.0700. The Bertz CT molecular complexity index is 317. The third kappa shape index (κ3) is 5.41. The van der Waals surface area contributed by atoms with Crippen LogP contribution < -0.4 is 5.32 Å². The number of hydrogen-bond acceptors (Lipinski definition) is 3. The quantitative estimate of drug-likeness (QED) is 0.816. The Morgan fingerprint density at radius 1 is 1.50 bits per heavy atom. The zero-order chi connectivity index (χ0) is 12.2. The van der Waals surface area contributed by atoms with Crippen molar-refractivity contribution in [3.63, 3.8) is 0 Å². The van der Waals surface area contributed by atoms with Crippen molar-refractivity contribution >= 4 is 27.3 Å². The average Bonchev–Trinajstić information content (AvgIpc) is 2.57. The molecule has 0 radical (unpaired) electrons. The Labute approximate surface area is 111 Å². The maximum absolute atomic E-state index is 4.35. The Balaban J connectivity index is 2.23. The molecule has 0 bridgehead atoms. The van der Waals surface area contributed by atoms with E-state index in [2.05, 4.69) is 53.9 Å². The first kappa shape index (κ1) is 14.1. The molecule has 4 heteroatoms. The minimum atomic E-state index is 0.358. The fraction of sp³-hybridized carbons (Fsp3) is 0.750. The van der Waals surface area contributed by atoms with Gasteiger partial charge in [0.25, 0.3) is 0 Å². The second-order valence-corrected chi connectivity index (χ2v) is 7.78. The van der Waals surface area contributed by atoms with Crippen molar-refractivity contribution in [1.29, 1.82) is 0 Å². The van der Waals surface area contributed by atoms with E-state index < -0.39 is 0 Å². The zero-order valence-corrected chi connectivity index (χ0v) is 12.9. The lowest BCUT2D eigenvalue weighted by Crippen LogP contribution is -2.21. The van der Waals surface area contributed by atoms with E-state index in [0.29, 0.717) is 11.5 Å². The van der Waals surface area contributed by atoms with Crippen LogP contribution in [0.25, 0.3) is 0 Å². The summed E-state index contributed by atoms with van der Waals surface area (Å²) in [6, 6.07) is 0.358. The van der Waals surface area contributed by atoms with Crippen molar-refractivity contribution in [2.75, 3.05) is 6.54 Å². The molecule has 1 rings (SSSR count). The molecule has 1 aromatic heterocycles. The van der Waals surface area contributed by atoms with Gasteiger partial charge in [-0.25, -0.2) is 4.98 Å². The minimum Gasteiger partial charge on any atom is -0.308 e. The molecular formula is C12H21BrN2S. The summed E-state index contributed by atoms with van der Waals surface area (Å²) in [7, 11) is 0. The number of halogens is 1. The Morgan fingerprint density at radius 3 is 2.69 bits per heavy atom. The number of hydrogen-bond donors (Lipinski definition) is 1. The normalized spacial score (nSPS) is 14.1. The SMILES string of the molecule is CC(NCCCC(C)(C)C)c1ncc(Br)s1. The Morgan fingerprint density at radius 2 is 2.19 bits per heavy atom. The van der Waals surface area contributed by atoms with Crippen LogP contribution in [0.15, 0.2) is 9.98 Å². The molecule has 1 atom stereocenters. The van der Waals surface area contributed by atoms with Crippen molar-refractivity contribution in [2.45, 2.75) is 46.6 Å². The van der Waals surface area contributed by atoms with Crippen molar-refractivity contribution < 1.29 is 0 Å². The summed E-state index contributed by atoms with van der Waals surface area (Å²) in [5, 5.41) is 4.67. The van der Waals surface area contributed by atoms with Crippen LogP contribution in [0, 0.1) is 5.41 Å². The number of thiazole rings is 1. The van der Waals surface area contributed by atoms with Crippen LogP contribution in [0.4, 0.5) is 0 Å². The van der Waals surface area contributed by atoms with E-state index >= 15 is 0 Å². The molecule has 0 saturated heterocycles. The minimum absolute atomic E-state index is 0.358. The maximum atomic E-state index is 4.35. The molecule has 0 amide bonds. The molecule has 0 fully saturated rings. The summed E-state index contributed by atoms with van der Waals surface area (Å²) in [5.74, 6) is 0. The zero-order valence-electron chi connectivity index (χ0n) is 10.5. The van der Waals surface area contributed by atoms with Crippen molar-refractivity contribution in [3.05, 3.63) is 15.0 Å². The van der Waals surface area contributed by atoms with E-state index in [9.17, 15) is 0 Å². The van der Waals surface area contributed by atoms with Gasteiger partial charge in [-0.2, -0.15) is 0 Å². The summed E-state index contributed by atoms with van der Waals surface area (Å²) < 4.78 is 1.10. The molecule has 0 spiro atoms. The maximum Gasteiger partial charge on any atom is 0.110 e. The monoisotopic (exact) mass is 304 g/mol. The lowest BCUT2D eigenvalue weighted by atomic mass is 9.91. The topological polar surface area (TPSA) is 24.9 Å². The van der Waals surface area contributed by atoms with Crippen LogP contribution in [0.2, 0.25) is 0 Å². The highest BCUT2D eigenvalue weighted by atomic mass is 79.9. The molecule has 1 heterocycles. The smallest absolute Gasteiger partial charge is 0.110 e. The third-order valence-corrected chi connectivity index (χ3v) is 4.08. The van der Waals surface area contributed by atoms with Gasteiger partial charge in [0, 0.05) is 0 Å². The van der Waals surface area contributed by atoms with Gasteiger partial charge in [-0.1, -0.05) is 20.8 Å². The molecule has 0 saturated carbocycles. The van der Waals surface area contributed by atoms with Gasteiger partial charge in [-0.05, 0) is 47.7 Å². The van der Waals surface area contributed by atoms with Crippen molar-refractivity contribution in [2.24, 2.45) is 5.41 Å². The fourth-order valence-corrected chi connectivity index (χ4v) is 2.76. The third-order valence-electron chi connectivity index (χ3n) is 2.42. The molecule has 1 aromatic rings. The summed E-state index contributed by atoms with van der Waals surface area (Å²) in [6.45, 7) is 10.1. The first-order chi connectivity index (χ1) is 7.38. The largest absolute Gasteiger partial charge is 0.308 e. The van der Waals surface area contributed by atoms with Gasteiger partial charge in [0.2, 0.25) is 0 Å². The summed E-state index contributed by atoms with van der Waals surface area (Å²) in [4.78, 5) is 4.35. The molecule has 0 aliphatic carbocycles. The first-order valence-corrected chi connectivity index (χ1v) is 7.34. The molecule has 92 valence electrons. The van der Waals surface area contributed by atoms with E-state index in [-0.39, 0.29) is 0 Å². The second-order valence-electron chi connectivity index (χ2n) is 5.34. The van der Waals surface area contributed by atoms with Crippen molar-refractivity contribution in [1.82, 2.24) is 10.3 Å². The average molecular weight is 305 g/mol. The van der Waals surface area contributed by atoms with Gasteiger partial charge < -0.3 is 5.32 Å². The van der Waals surface area contributed by atoms with Gasteiger partial charge in [0.05, 0.1) is 16.0 Å². The highest BCUT2D eigenvalue weighted by Crippen LogP contribution is 2.24. The highest BCUT2D eigenvalue weighted by molar-refractivity contribution is 9.11. The standard InChI is InChI=1S/C12H21BrN2S/c1-9(11-15-8-10(13)16-11)14-7-5-6-12(2,3)4/h8-9,14H,5-7H2,1-4H3. The molecule has 16 heavy (non-hydrogen) atoms. The summed E-state index contributed by atoms with van der Waals surface area (Å²) in [6.07, 6.45) is 4.35. The molecule has 0 aliphatic heterocycles. The summed E-state index contributed by atoms with van der Waals surface area (Å²) >= 11 is 5.14. The van der Waals surface area contributed by atoms with E-state index in [1.165, 1.54) is 12.8 Å². The summed E-state index contributed by atoms with van der Waals surface area (Å²) in [5.41, 5.74) is 0.440. The van der Waals surface area contributed by atoms with E-state index in [1.807, 2.05) is 6.20 Å². The number of nitrogens with one attached hydrogen (secondary N) is 1. The van der Waals surface area contributed by atoms with Crippen LogP contribution >= 0.6 is 27.3 Å². The highest BCUT2D eigenvalue weighted by Gasteiger charge is 2.11. The van der Waals surface area contributed by atoms with Crippen LogP contribution in [0.3, 0.4) is 0 Å². The van der Waals surface area contributed by atoms with Gasteiger partial charge in [0.15, 0.2) is 0 Å². The molecule has 1 N–H and O–H groups in total. The van der Waals surface area contributed by atoms with Crippen LogP contribution in [-0.2, 0) is 0 Å². The molecule has 0 aromatic carbocycles. The van der Waals surface area contributed by atoms with Crippen LogP contribution in [0.1, 0.15) is 51.6 Å².